The van der Waals surface area contributed by atoms with Crippen molar-refractivity contribution < 1.29 is 9.47 Å². The summed E-state index contributed by atoms with van der Waals surface area (Å²) in [6.45, 7) is 1.49. The number of hydrogen-bond acceptors (Lipinski definition) is 5. The van der Waals surface area contributed by atoms with Crippen LogP contribution in [0.2, 0.25) is 0 Å². The fourth-order valence-electron chi connectivity index (χ4n) is 2.28. The van der Waals surface area contributed by atoms with Gasteiger partial charge in [0.25, 0.3) is 0 Å². The molecule has 0 saturated heterocycles. The molecule has 2 heterocycles. The zero-order chi connectivity index (χ0) is 16.2. The van der Waals surface area contributed by atoms with E-state index in [4.69, 9.17) is 9.47 Å². The number of ether oxygens (including phenoxy) is 2. The molecule has 0 bridgehead atoms. The molecule has 0 atom stereocenters. The molecule has 0 aliphatic carbocycles. The number of benzene rings is 1. The quantitative estimate of drug-likeness (QED) is 0.758. The lowest BCUT2D eigenvalue weighted by Crippen LogP contribution is -2.19. The molecule has 0 saturated carbocycles. The average Bonchev–Trinajstić information content (AvgIpc) is 2.98. The molecule has 6 heteroatoms. The number of nitrogens with one attached hydrogen (secondary N) is 1. The van der Waals surface area contributed by atoms with Crippen LogP contribution in [0.1, 0.15) is 0 Å². The molecule has 0 fully saturated rings. The number of imidazole rings is 1. The van der Waals surface area contributed by atoms with Crippen LogP contribution in [0.3, 0.4) is 0 Å². The van der Waals surface area contributed by atoms with Crippen molar-refractivity contribution in [1.82, 2.24) is 19.9 Å². The first-order valence-electron chi connectivity index (χ1n) is 7.44. The summed E-state index contributed by atoms with van der Waals surface area (Å²) in [5.74, 6) is 2.23. The summed E-state index contributed by atoms with van der Waals surface area (Å²) in [6, 6.07) is 9.58. The molecule has 0 amide bonds. The van der Waals surface area contributed by atoms with Gasteiger partial charge in [-0.25, -0.2) is 9.97 Å². The molecule has 2 aromatic heterocycles. The van der Waals surface area contributed by atoms with Gasteiger partial charge in [-0.1, -0.05) is 0 Å². The molecule has 3 rings (SSSR count). The Kier molecular flexibility index (Phi) is 4.43. The predicted molar refractivity (Wildman–Crippen MR) is 89.9 cm³/mol. The number of aromatic amines is 1. The number of pyridine rings is 1. The molecule has 0 radical (unpaired) electrons. The fraction of sp³-hybridized carbons (Fsp3) is 0.294. The second-order valence-electron chi connectivity index (χ2n) is 5.47. The molecular weight excluding hydrogens is 292 g/mol. The number of likely N-dealkylation sites (N-methyl/N-ethyl adjacent to an activating group) is 1. The van der Waals surface area contributed by atoms with Crippen molar-refractivity contribution >= 4 is 11.2 Å². The molecule has 0 unspecified atom stereocenters. The Labute approximate surface area is 135 Å². The van der Waals surface area contributed by atoms with Gasteiger partial charge in [0.1, 0.15) is 23.9 Å². The van der Waals surface area contributed by atoms with E-state index in [1.807, 2.05) is 44.4 Å². The van der Waals surface area contributed by atoms with E-state index < -0.39 is 0 Å². The zero-order valence-corrected chi connectivity index (χ0v) is 13.5. The van der Waals surface area contributed by atoms with E-state index in [1.165, 1.54) is 0 Å². The molecule has 120 valence electrons. The lowest BCUT2D eigenvalue weighted by atomic mass is 10.2. The highest BCUT2D eigenvalue weighted by Gasteiger charge is 2.12. The Morgan fingerprint density at radius 2 is 2.09 bits per heavy atom. The van der Waals surface area contributed by atoms with Crippen LogP contribution in [0.4, 0.5) is 0 Å². The summed E-state index contributed by atoms with van der Waals surface area (Å²) >= 11 is 0. The van der Waals surface area contributed by atoms with Crippen LogP contribution >= 0.6 is 0 Å². The van der Waals surface area contributed by atoms with Gasteiger partial charge < -0.3 is 19.4 Å². The number of hydrogen-bond donors (Lipinski definition) is 1. The Morgan fingerprint density at radius 1 is 1.22 bits per heavy atom. The molecule has 0 aliphatic heterocycles. The summed E-state index contributed by atoms with van der Waals surface area (Å²) in [7, 11) is 5.68. The Balaban J connectivity index is 1.87. The molecule has 23 heavy (non-hydrogen) atoms. The number of H-pyrrole nitrogens is 1. The largest absolute Gasteiger partial charge is 0.496 e. The fourth-order valence-corrected chi connectivity index (χ4v) is 2.28. The van der Waals surface area contributed by atoms with Gasteiger partial charge in [0, 0.05) is 18.8 Å². The number of methoxy groups -OCH3 is 1. The van der Waals surface area contributed by atoms with Crippen molar-refractivity contribution in [1.29, 1.82) is 0 Å². The number of fused-ring (bicyclic) bond motifs is 1. The smallest absolute Gasteiger partial charge is 0.178 e. The van der Waals surface area contributed by atoms with Crippen molar-refractivity contribution in [3.8, 4) is 22.9 Å². The van der Waals surface area contributed by atoms with Gasteiger partial charge in [-0.3, -0.25) is 0 Å². The first kappa shape index (κ1) is 15.3. The van der Waals surface area contributed by atoms with Crippen LogP contribution in [0.5, 0.6) is 11.5 Å². The van der Waals surface area contributed by atoms with Gasteiger partial charge in [-0.15, -0.1) is 0 Å². The van der Waals surface area contributed by atoms with Crippen LogP contribution in [-0.4, -0.2) is 54.2 Å². The van der Waals surface area contributed by atoms with Crippen LogP contribution in [-0.2, 0) is 0 Å². The van der Waals surface area contributed by atoms with Crippen molar-refractivity contribution in [3.63, 3.8) is 0 Å². The van der Waals surface area contributed by atoms with E-state index >= 15 is 0 Å². The minimum absolute atomic E-state index is 0.629. The highest BCUT2D eigenvalue weighted by molar-refractivity contribution is 5.77. The molecule has 6 nitrogen and oxygen atoms in total. The van der Waals surface area contributed by atoms with Gasteiger partial charge in [0.15, 0.2) is 5.65 Å². The Bertz CT molecular complexity index is 765. The maximum atomic E-state index is 5.74. The zero-order valence-electron chi connectivity index (χ0n) is 13.5. The topological polar surface area (TPSA) is 63.3 Å². The minimum Gasteiger partial charge on any atom is -0.496 e. The van der Waals surface area contributed by atoms with Crippen molar-refractivity contribution in [2.75, 3.05) is 34.4 Å². The van der Waals surface area contributed by atoms with Crippen molar-refractivity contribution in [2.24, 2.45) is 0 Å². The van der Waals surface area contributed by atoms with Gasteiger partial charge in [-0.2, -0.15) is 0 Å². The van der Waals surface area contributed by atoms with E-state index in [0.717, 1.165) is 29.2 Å². The summed E-state index contributed by atoms with van der Waals surface area (Å²) < 4.78 is 11.2. The molecule has 0 spiro atoms. The summed E-state index contributed by atoms with van der Waals surface area (Å²) in [4.78, 5) is 14.1. The third kappa shape index (κ3) is 3.43. The molecule has 3 aromatic rings. The molecule has 1 N–H and O–H groups in total. The van der Waals surface area contributed by atoms with E-state index in [9.17, 15) is 0 Å². The first-order valence-corrected chi connectivity index (χ1v) is 7.44. The molecular formula is C17H20N4O2. The maximum Gasteiger partial charge on any atom is 0.178 e. The lowest BCUT2D eigenvalue weighted by molar-refractivity contribution is 0.260. The van der Waals surface area contributed by atoms with Gasteiger partial charge in [0.05, 0.1) is 18.2 Å². The van der Waals surface area contributed by atoms with Crippen LogP contribution in [0.25, 0.3) is 22.6 Å². The van der Waals surface area contributed by atoms with E-state index in [1.54, 1.807) is 13.3 Å². The Morgan fingerprint density at radius 3 is 2.83 bits per heavy atom. The predicted octanol–water partition coefficient (Wildman–Crippen LogP) is 2.57. The average molecular weight is 312 g/mol. The second-order valence-corrected chi connectivity index (χ2v) is 5.47. The van der Waals surface area contributed by atoms with E-state index in [2.05, 4.69) is 19.9 Å². The highest BCUT2D eigenvalue weighted by atomic mass is 16.5. The standard InChI is InChI=1S/C17H20N4O2/c1-21(2)9-10-23-12-6-7-13(15(11-12)22-3)16-19-14-5-4-8-18-17(14)20-16/h4-8,11H,9-10H2,1-3H3,(H,18,19,20). The SMILES string of the molecule is COc1cc(OCCN(C)C)ccc1-c1nc2ncccc2[nH]1. The third-order valence-electron chi connectivity index (χ3n) is 3.49. The lowest BCUT2D eigenvalue weighted by Gasteiger charge is -2.13. The molecule has 0 aliphatic rings. The maximum absolute atomic E-state index is 5.74. The van der Waals surface area contributed by atoms with Crippen LogP contribution < -0.4 is 9.47 Å². The summed E-state index contributed by atoms with van der Waals surface area (Å²) in [5, 5.41) is 0. The summed E-state index contributed by atoms with van der Waals surface area (Å²) in [6.07, 6.45) is 1.73. The van der Waals surface area contributed by atoms with Crippen LogP contribution in [0.15, 0.2) is 36.5 Å². The van der Waals surface area contributed by atoms with Crippen molar-refractivity contribution in [3.05, 3.63) is 36.5 Å². The number of nitrogens with zero attached hydrogens (tertiary/aromatic N) is 3. The Hall–Kier alpha value is -2.60. The molecule has 1 aromatic carbocycles. The highest BCUT2D eigenvalue weighted by Crippen LogP contribution is 2.32. The number of rotatable bonds is 6. The van der Waals surface area contributed by atoms with Crippen LogP contribution in [0, 0.1) is 0 Å². The number of aromatic nitrogens is 3. The summed E-state index contributed by atoms with van der Waals surface area (Å²) in [5.41, 5.74) is 2.47. The second kappa shape index (κ2) is 6.66. The van der Waals surface area contributed by atoms with Gasteiger partial charge in [0.2, 0.25) is 0 Å². The van der Waals surface area contributed by atoms with Gasteiger partial charge >= 0.3 is 0 Å². The third-order valence-corrected chi connectivity index (χ3v) is 3.49. The first-order chi connectivity index (χ1) is 11.2. The van der Waals surface area contributed by atoms with E-state index in [-0.39, 0.29) is 0 Å². The van der Waals surface area contributed by atoms with Crippen molar-refractivity contribution in [2.45, 2.75) is 0 Å². The normalized spacial score (nSPS) is 11.1. The monoisotopic (exact) mass is 312 g/mol. The minimum atomic E-state index is 0.629. The van der Waals surface area contributed by atoms with Gasteiger partial charge in [-0.05, 0) is 38.4 Å². The van der Waals surface area contributed by atoms with E-state index in [0.29, 0.717) is 18.0 Å².